The molecular weight excluding hydrogens is 314 g/mol. The lowest BCUT2D eigenvalue weighted by Gasteiger charge is -2.11. The van der Waals surface area contributed by atoms with E-state index in [9.17, 15) is 15.2 Å². The summed E-state index contributed by atoms with van der Waals surface area (Å²) < 4.78 is 5.45. The normalized spacial score (nSPS) is 10.6. The Morgan fingerprint density at radius 2 is 2.17 bits per heavy atom. The highest BCUT2D eigenvalue weighted by Crippen LogP contribution is 2.10. The molecule has 0 bridgehead atoms. The smallest absolute Gasteiger partial charge is 0.460 e. The van der Waals surface area contributed by atoms with E-state index in [0.717, 1.165) is 0 Å². The molecule has 0 radical (unpaired) electrons. The van der Waals surface area contributed by atoms with Crippen LogP contribution in [-0.4, -0.2) is 23.7 Å². The molecule has 0 aliphatic rings. The SMILES string of the molecule is CC(C)OC(=O)CCNc1n[n+]([O-])c2cc(CC#N)ccc2[n+]1[O-]. The maximum absolute atomic E-state index is 12.3. The van der Waals surface area contributed by atoms with Gasteiger partial charge in [-0.1, -0.05) is 6.07 Å². The highest BCUT2D eigenvalue weighted by Gasteiger charge is 2.20. The van der Waals surface area contributed by atoms with Crippen LogP contribution in [0.5, 0.6) is 0 Å². The molecule has 1 aromatic heterocycles. The molecule has 0 saturated heterocycles. The van der Waals surface area contributed by atoms with Gasteiger partial charge in [-0.25, -0.2) is 4.73 Å². The predicted molar refractivity (Wildman–Crippen MR) is 83.3 cm³/mol. The molecule has 2 rings (SSSR count). The minimum atomic E-state index is -0.410. The molecule has 24 heavy (non-hydrogen) atoms. The fourth-order valence-electron chi connectivity index (χ4n) is 2.10. The van der Waals surface area contributed by atoms with Crippen molar-refractivity contribution in [3.05, 3.63) is 34.2 Å². The Morgan fingerprint density at radius 1 is 1.42 bits per heavy atom. The first kappa shape index (κ1) is 17.2. The lowest BCUT2D eigenvalue weighted by molar-refractivity contribution is -0.672. The third kappa shape index (κ3) is 3.98. The Morgan fingerprint density at radius 3 is 2.83 bits per heavy atom. The van der Waals surface area contributed by atoms with Gasteiger partial charge >= 0.3 is 11.9 Å². The number of fused-ring (bicyclic) bond motifs is 1. The first-order valence-electron chi connectivity index (χ1n) is 7.38. The van der Waals surface area contributed by atoms with Crippen LogP contribution in [0.1, 0.15) is 25.8 Å². The van der Waals surface area contributed by atoms with Crippen molar-refractivity contribution in [2.24, 2.45) is 0 Å². The largest absolute Gasteiger partial charge is 0.739 e. The molecule has 9 heteroatoms. The summed E-state index contributed by atoms with van der Waals surface area (Å²) in [5.41, 5.74) is 0.810. The molecule has 1 aromatic carbocycles. The third-order valence-electron chi connectivity index (χ3n) is 3.11. The number of hydrogen-bond acceptors (Lipinski definition) is 7. The average Bonchev–Trinajstić information content (AvgIpc) is 2.51. The fourth-order valence-corrected chi connectivity index (χ4v) is 2.10. The van der Waals surface area contributed by atoms with Crippen LogP contribution >= 0.6 is 0 Å². The van der Waals surface area contributed by atoms with E-state index in [-0.39, 0.29) is 42.5 Å². The molecule has 1 N–H and O–H groups in total. The van der Waals surface area contributed by atoms with Gasteiger partial charge in [0.05, 0.1) is 31.6 Å². The summed E-state index contributed by atoms with van der Waals surface area (Å²) in [6.45, 7) is 3.59. The van der Waals surface area contributed by atoms with Crippen LogP contribution in [0.25, 0.3) is 11.0 Å². The molecule has 0 amide bonds. The van der Waals surface area contributed by atoms with Crippen molar-refractivity contribution < 1.29 is 19.1 Å². The van der Waals surface area contributed by atoms with E-state index >= 15 is 0 Å². The lowest BCUT2D eigenvalue weighted by atomic mass is 10.1. The van der Waals surface area contributed by atoms with Crippen LogP contribution in [0.2, 0.25) is 0 Å². The zero-order valence-corrected chi connectivity index (χ0v) is 13.4. The number of esters is 1. The van der Waals surface area contributed by atoms with E-state index < -0.39 is 5.97 Å². The van der Waals surface area contributed by atoms with Crippen LogP contribution in [0.15, 0.2) is 18.2 Å². The number of nitrogens with zero attached hydrogens (tertiary/aromatic N) is 4. The van der Waals surface area contributed by atoms with Gasteiger partial charge in [0.25, 0.3) is 5.52 Å². The summed E-state index contributed by atoms with van der Waals surface area (Å²) in [5.74, 6) is -0.616. The number of rotatable bonds is 6. The van der Waals surface area contributed by atoms with Crippen molar-refractivity contribution in [1.29, 1.82) is 5.26 Å². The molecule has 126 valence electrons. The van der Waals surface area contributed by atoms with E-state index in [1.54, 1.807) is 19.9 Å². The summed E-state index contributed by atoms with van der Waals surface area (Å²) in [5, 5.41) is 39.2. The van der Waals surface area contributed by atoms with Crippen molar-refractivity contribution in [2.45, 2.75) is 32.8 Å². The molecule has 0 aliphatic heterocycles. The van der Waals surface area contributed by atoms with E-state index in [1.807, 2.05) is 6.07 Å². The minimum absolute atomic E-state index is 0.0395. The van der Waals surface area contributed by atoms with Crippen LogP contribution in [-0.2, 0) is 16.0 Å². The topological polar surface area (TPSA) is 129 Å². The van der Waals surface area contributed by atoms with E-state index in [1.165, 1.54) is 12.1 Å². The molecule has 0 aliphatic carbocycles. The van der Waals surface area contributed by atoms with Crippen LogP contribution in [0.3, 0.4) is 0 Å². The second-order valence-corrected chi connectivity index (χ2v) is 5.36. The number of ether oxygens (including phenoxy) is 1. The van der Waals surface area contributed by atoms with Crippen molar-refractivity contribution in [2.75, 3.05) is 11.9 Å². The second kappa shape index (κ2) is 7.41. The van der Waals surface area contributed by atoms with Crippen LogP contribution in [0.4, 0.5) is 5.95 Å². The summed E-state index contributed by atoms with van der Waals surface area (Å²) >= 11 is 0. The molecule has 0 spiro atoms. The first-order chi connectivity index (χ1) is 11.4. The Labute approximate surface area is 138 Å². The summed E-state index contributed by atoms with van der Waals surface area (Å²) in [6, 6.07) is 6.49. The van der Waals surface area contributed by atoms with E-state index in [4.69, 9.17) is 10.00 Å². The minimum Gasteiger partial charge on any atom is -0.739 e. The first-order valence-corrected chi connectivity index (χ1v) is 7.38. The Kier molecular flexibility index (Phi) is 5.31. The van der Waals surface area contributed by atoms with Gasteiger partial charge in [0.15, 0.2) is 5.52 Å². The molecule has 0 unspecified atom stereocenters. The molecule has 9 nitrogen and oxygen atoms in total. The van der Waals surface area contributed by atoms with E-state index in [0.29, 0.717) is 15.1 Å². The summed E-state index contributed by atoms with van der Waals surface area (Å²) in [7, 11) is 0. The maximum Gasteiger partial charge on any atom is 0.460 e. The van der Waals surface area contributed by atoms with Gasteiger partial charge < -0.3 is 15.2 Å². The molecular formula is C15H17N5O4. The number of carbonyl (C=O) groups excluding carboxylic acids is 1. The van der Waals surface area contributed by atoms with Crippen molar-refractivity contribution in [1.82, 2.24) is 5.10 Å². The van der Waals surface area contributed by atoms with Gasteiger partial charge in [0.2, 0.25) is 5.10 Å². The molecule has 0 saturated carbocycles. The zero-order chi connectivity index (χ0) is 17.7. The Hall–Kier alpha value is -3.15. The fraction of sp³-hybridized carbons (Fsp3) is 0.400. The summed E-state index contributed by atoms with van der Waals surface area (Å²) in [6.07, 6.45) is -0.0444. The molecule has 0 fully saturated rings. The third-order valence-corrected chi connectivity index (χ3v) is 3.11. The van der Waals surface area contributed by atoms with Crippen LogP contribution in [0, 0.1) is 21.7 Å². The van der Waals surface area contributed by atoms with E-state index in [2.05, 4.69) is 10.4 Å². The average molecular weight is 331 g/mol. The standard InChI is InChI=1S/C15H17N5O4/c1-10(2)24-14(21)6-8-17-15-18-20(23)13-9-11(5-7-16)3-4-12(13)19(15)22/h3-4,9-10H,5-6,8H2,1-2H3,(H,17,18). The predicted octanol–water partition coefficient (Wildman–Crippen LogP) is 0.321. The number of nitrogens with one attached hydrogen (secondary N) is 1. The number of nitriles is 1. The molecule has 2 aromatic rings. The number of benzene rings is 1. The number of aromatic nitrogens is 3. The highest BCUT2D eigenvalue weighted by molar-refractivity contribution is 5.70. The van der Waals surface area contributed by atoms with Gasteiger partial charge in [-0.15, -0.1) is 0 Å². The number of anilines is 1. The highest BCUT2D eigenvalue weighted by atomic mass is 16.5. The van der Waals surface area contributed by atoms with Crippen molar-refractivity contribution in [3.63, 3.8) is 0 Å². The van der Waals surface area contributed by atoms with Gasteiger partial charge in [-0.05, 0) is 25.5 Å². The number of carbonyl (C=O) groups is 1. The quantitative estimate of drug-likeness (QED) is 0.458. The lowest BCUT2D eigenvalue weighted by Crippen LogP contribution is -2.44. The second-order valence-electron chi connectivity index (χ2n) is 5.36. The number of hydrogen-bond donors (Lipinski definition) is 1. The van der Waals surface area contributed by atoms with Crippen LogP contribution < -0.4 is 14.9 Å². The van der Waals surface area contributed by atoms with Gasteiger partial charge in [-0.2, -0.15) is 5.26 Å². The molecule has 1 heterocycles. The monoisotopic (exact) mass is 331 g/mol. The van der Waals surface area contributed by atoms with Crippen molar-refractivity contribution in [3.8, 4) is 6.07 Å². The van der Waals surface area contributed by atoms with Gasteiger partial charge in [0.1, 0.15) is 0 Å². The van der Waals surface area contributed by atoms with Gasteiger partial charge in [0, 0.05) is 10.9 Å². The molecule has 0 atom stereocenters. The van der Waals surface area contributed by atoms with Gasteiger partial charge in [-0.3, -0.25) is 10.1 Å². The summed E-state index contributed by atoms with van der Waals surface area (Å²) in [4.78, 5) is 11.8. The Bertz CT molecular complexity index is 801. The maximum atomic E-state index is 12.3. The van der Waals surface area contributed by atoms with Crippen molar-refractivity contribution >= 4 is 23.0 Å². The zero-order valence-electron chi connectivity index (χ0n) is 13.4. The Balaban J connectivity index is 2.17.